The molecule has 0 unspecified atom stereocenters. The van der Waals surface area contributed by atoms with Crippen LogP contribution in [0.15, 0.2) is 12.7 Å². The lowest BCUT2D eigenvalue weighted by Gasteiger charge is -2.31. The zero-order valence-corrected chi connectivity index (χ0v) is 12.8. The van der Waals surface area contributed by atoms with Crippen molar-refractivity contribution >= 4 is 15.6 Å². The molecule has 20 heavy (non-hydrogen) atoms. The Bertz CT molecular complexity index is 359. The Morgan fingerprint density at radius 3 is 1.80 bits per heavy atom. The molecular weight excluding hydrogens is 314 g/mol. The fourth-order valence-electron chi connectivity index (χ4n) is 1.23. The standard InChI is InChI=1S/C9H20O9P2/c1-3-5-16-6-9(4-2,7-17-19(10,11)12)8-18-20(13,14)15/h3H,1,4-8H2,2H3,(H2,10,11,12)(H2,13,14,15). The van der Waals surface area contributed by atoms with Crippen molar-refractivity contribution in [3.8, 4) is 0 Å². The van der Waals surface area contributed by atoms with E-state index in [9.17, 15) is 9.13 Å². The minimum Gasteiger partial charge on any atom is -0.377 e. The second-order valence-electron chi connectivity index (χ2n) is 4.19. The number of hydrogen-bond donors (Lipinski definition) is 4. The molecule has 0 radical (unpaired) electrons. The number of ether oxygens (including phenoxy) is 1. The highest BCUT2D eigenvalue weighted by Crippen LogP contribution is 2.42. The van der Waals surface area contributed by atoms with Crippen molar-refractivity contribution in [1.82, 2.24) is 0 Å². The molecule has 0 amide bonds. The van der Waals surface area contributed by atoms with Gasteiger partial charge >= 0.3 is 15.6 Å². The zero-order chi connectivity index (χ0) is 15.9. The number of phosphoric acid groups is 2. The Kier molecular flexibility index (Phi) is 8.35. The summed E-state index contributed by atoms with van der Waals surface area (Å²) in [5.74, 6) is 0. The van der Waals surface area contributed by atoms with Crippen LogP contribution in [0.2, 0.25) is 0 Å². The van der Waals surface area contributed by atoms with Crippen LogP contribution in [0.25, 0.3) is 0 Å². The molecule has 0 fully saturated rings. The number of phosphoric ester groups is 2. The van der Waals surface area contributed by atoms with Crippen molar-refractivity contribution in [2.45, 2.75) is 13.3 Å². The monoisotopic (exact) mass is 334 g/mol. The molecule has 0 rings (SSSR count). The highest BCUT2D eigenvalue weighted by Gasteiger charge is 2.35. The molecule has 120 valence electrons. The third-order valence-corrected chi connectivity index (χ3v) is 3.40. The summed E-state index contributed by atoms with van der Waals surface area (Å²) in [6.45, 7) is 4.28. The van der Waals surface area contributed by atoms with E-state index in [1.807, 2.05) is 0 Å². The molecule has 0 aliphatic heterocycles. The molecule has 4 N–H and O–H groups in total. The Labute approximate surface area is 117 Å². The lowest BCUT2D eigenvalue weighted by Crippen LogP contribution is -2.36. The summed E-state index contributed by atoms with van der Waals surface area (Å²) in [5, 5.41) is 0. The molecule has 0 aliphatic rings. The van der Waals surface area contributed by atoms with E-state index in [4.69, 9.17) is 24.3 Å². The molecule has 0 saturated carbocycles. The summed E-state index contributed by atoms with van der Waals surface area (Å²) in [5.41, 5.74) is -1.09. The first-order valence-corrected chi connectivity index (χ1v) is 8.68. The maximum absolute atomic E-state index is 10.7. The molecule has 0 aromatic heterocycles. The minimum absolute atomic E-state index is 0.0600. The maximum atomic E-state index is 10.7. The van der Waals surface area contributed by atoms with Crippen LogP contribution >= 0.6 is 15.6 Å². The van der Waals surface area contributed by atoms with Crippen LogP contribution < -0.4 is 0 Å². The Balaban J connectivity index is 4.81. The van der Waals surface area contributed by atoms with E-state index < -0.39 is 34.3 Å². The Morgan fingerprint density at radius 1 is 1.05 bits per heavy atom. The minimum atomic E-state index is -4.70. The summed E-state index contributed by atoms with van der Waals surface area (Å²) < 4.78 is 35.5. The van der Waals surface area contributed by atoms with Gasteiger partial charge in [0.2, 0.25) is 0 Å². The predicted octanol–water partition coefficient (Wildman–Crippen LogP) is 0.804. The topological polar surface area (TPSA) is 143 Å². The molecule has 9 nitrogen and oxygen atoms in total. The summed E-state index contributed by atoms with van der Waals surface area (Å²) in [6.07, 6.45) is 1.73. The van der Waals surface area contributed by atoms with Gasteiger partial charge in [0, 0.05) is 5.41 Å². The largest absolute Gasteiger partial charge is 0.469 e. The number of rotatable bonds is 11. The summed E-state index contributed by atoms with van der Waals surface area (Å²) in [7, 11) is -9.41. The van der Waals surface area contributed by atoms with Crippen molar-refractivity contribution in [2.24, 2.45) is 5.41 Å². The molecular formula is C9H20O9P2. The van der Waals surface area contributed by atoms with Crippen molar-refractivity contribution < 1.29 is 42.5 Å². The van der Waals surface area contributed by atoms with E-state index in [-0.39, 0.29) is 19.6 Å². The van der Waals surface area contributed by atoms with Gasteiger partial charge in [-0.2, -0.15) is 0 Å². The molecule has 0 saturated heterocycles. The van der Waals surface area contributed by atoms with Crippen molar-refractivity contribution in [3.63, 3.8) is 0 Å². The van der Waals surface area contributed by atoms with Gasteiger partial charge in [0.1, 0.15) is 0 Å². The molecule has 0 spiro atoms. The average molecular weight is 334 g/mol. The van der Waals surface area contributed by atoms with Crippen LogP contribution in [-0.2, 0) is 22.9 Å². The molecule has 11 heteroatoms. The molecule has 0 bridgehead atoms. The third kappa shape index (κ3) is 9.77. The van der Waals surface area contributed by atoms with Gasteiger partial charge in [0.15, 0.2) is 0 Å². The van der Waals surface area contributed by atoms with Gasteiger partial charge in [-0.25, -0.2) is 9.13 Å². The molecule has 0 heterocycles. The first-order valence-electron chi connectivity index (χ1n) is 5.62. The van der Waals surface area contributed by atoms with Gasteiger partial charge in [-0.3, -0.25) is 9.05 Å². The second kappa shape index (κ2) is 8.38. The smallest absolute Gasteiger partial charge is 0.377 e. The van der Waals surface area contributed by atoms with E-state index in [0.717, 1.165) is 0 Å². The van der Waals surface area contributed by atoms with E-state index >= 15 is 0 Å². The lowest BCUT2D eigenvalue weighted by atomic mass is 9.88. The maximum Gasteiger partial charge on any atom is 0.469 e. The van der Waals surface area contributed by atoms with Crippen LogP contribution in [-0.4, -0.2) is 46.0 Å². The summed E-state index contributed by atoms with van der Waals surface area (Å²) >= 11 is 0. The SMILES string of the molecule is C=CCOCC(CC)(COP(=O)(O)O)COP(=O)(O)O. The van der Waals surface area contributed by atoms with Crippen LogP contribution in [0.4, 0.5) is 0 Å². The van der Waals surface area contributed by atoms with Gasteiger partial charge < -0.3 is 24.3 Å². The Morgan fingerprint density at radius 2 is 1.50 bits per heavy atom. The van der Waals surface area contributed by atoms with Crippen LogP contribution in [0.3, 0.4) is 0 Å². The van der Waals surface area contributed by atoms with E-state index in [1.54, 1.807) is 6.92 Å². The van der Waals surface area contributed by atoms with E-state index in [2.05, 4.69) is 15.6 Å². The summed E-state index contributed by atoms with van der Waals surface area (Å²) in [6, 6.07) is 0. The van der Waals surface area contributed by atoms with Crippen LogP contribution in [0.5, 0.6) is 0 Å². The van der Waals surface area contributed by atoms with Gasteiger partial charge in [0.25, 0.3) is 0 Å². The second-order valence-corrected chi connectivity index (χ2v) is 6.66. The number of hydrogen-bond acceptors (Lipinski definition) is 5. The van der Waals surface area contributed by atoms with Gasteiger partial charge in [-0.15, -0.1) is 6.58 Å². The van der Waals surface area contributed by atoms with E-state index in [0.29, 0.717) is 0 Å². The van der Waals surface area contributed by atoms with Gasteiger partial charge in [-0.05, 0) is 6.42 Å². The van der Waals surface area contributed by atoms with Crippen molar-refractivity contribution in [1.29, 1.82) is 0 Å². The average Bonchev–Trinajstić information content (AvgIpc) is 2.30. The fraction of sp³-hybridized carbons (Fsp3) is 0.778. The van der Waals surface area contributed by atoms with E-state index in [1.165, 1.54) is 6.08 Å². The first-order chi connectivity index (χ1) is 9.04. The van der Waals surface area contributed by atoms with Crippen LogP contribution in [0.1, 0.15) is 13.3 Å². The van der Waals surface area contributed by atoms with Crippen molar-refractivity contribution in [3.05, 3.63) is 12.7 Å². The van der Waals surface area contributed by atoms with Crippen molar-refractivity contribution in [2.75, 3.05) is 26.4 Å². The molecule has 0 aromatic carbocycles. The molecule has 0 aliphatic carbocycles. The van der Waals surface area contributed by atoms with Gasteiger partial charge in [0.05, 0.1) is 26.4 Å². The fourth-order valence-corrected chi connectivity index (χ4v) is 2.12. The highest BCUT2D eigenvalue weighted by atomic mass is 31.2. The molecule has 0 atom stereocenters. The quantitative estimate of drug-likeness (QED) is 0.245. The first kappa shape index (κ1) is 19.9. The zero-order valence-electron chi connectivity index (χ0n) is 11.0. The van der Waals surface area contributed by atoms with Crippen LogP contribution in [0, 0.1) is 5.41 Å². The lowest BCUT2D eigenvalue weighted by molar-refractivity contribution is -0.0215. The Hall–Kier alpha value is -0.0800. The third-order valence-electron chi connectivity index (χ3n) is 2.47. The predicted molar refractivity (Wildman–Crippen MR) is 69.7 cm³/mol. The normalized spacial score (nSPS) is 13.4. The molecule has 0 aromatic rings. The summed E-state index contributed by atoms with van der Waals surface area (Å²) in [4.78, 5) is 34.9. The highest BCUT2D eigenvalue weighted by molar-refractivity contribution is 7.46. The van der Waals surface area contributed by atoms with Gasteiger partial charge in [-0.1, -0.05) is 13.0 Å².